The molecule has 258 valence electrons. The van der Waals surface area contributed by atoms with Crippen LogP contribution >= 0.6 is 11.3 Å². The number of benzene rings is 8. The third kappa shape index (κ3) is 5.81. The van der Waals surface area contributed by atoms with Gasteiger partial charge in [0.05, 0.1) is 11.9 Å². The summed E-state index contributed by atoms with van der Waals surface area (Å²) in [5.41, 5.74) is 15.6. The van der Waals surface area contributed by atoms with Gasteiger partial charge in [0.15, 0.2) is 0 Å². The van der Waals surface area contributed by atoms with Crippen molar-refractivity contribution in [1.82, 2.24) is 15.4 Å². The largest absolute Gasteiger partial charge is 0.139 e. The molecule has 0 aliphatic carbocycles. The van der Waals surface area contributed by atoms with Crippen LogP contribution in [0.25, 0.3) is 98.2 Å². The predicted molar refractivity (Wildman–Crippen MR) is 231 cm³/mol. The van der Waals surface area contributed by atoms with Gasteiger partial charge in [0, 0.05) is 25.7 Å². The molecule has 0 atom stereocenters. The van der Waals surface area contributed by atoms with Gasteiger partial charge in [0.1, 0.15) is 0 Å². The second-order valence-corrected chi connectivity index (χ2v) is 14.6. The average molecular weight is 720 g/mol. The van der Waals surface area contributed by atoms with Crippen molar-refractivity contribution in [3.63, 3.8) is 0 Å². The first kappa shape index (κ1) is 32.6. The van der Waals surface area contributed by atoms with E-state index in [9.17, 15) is 0 Å². The highest BCUT2D eigenvalue weighted by Gasteiger charge is 2.26. The van der Waals surface area contributed by atoms with E-state index in [1.807, 2.05) is 17.4 Å². The lowest BCUT2D eigenvalue weighted by molar-refractivity contribution is 0.871. The summed E-state index contributed by atoms with van der Waals surface area (Å²) in [6.07, 6.45) is 1.74. The first-order chi connectivity index (χ1) is 27.3. The van der Waals surface area contributed by atoms with Crippen molar-refractivity contribution in [1.29, 1.82) is 0 Å². The minimum Gasteiger partial charge on any atom is -0.139 e. The second-order valence-electron chi connectivity index (χ2n) is 13.6. The van der Waals surface area contributed by atoms with Crippen LogP contribution in [0.15, 0.2) is 200 Å². The predicted octanol–water partition coefficient (Wildman–Crippen LogP) is 13.9. The number of hydrogen-bond donors (Lipinski definition) is 0. The van der Waals surface area contributed by atoms with Crippen molar-refractivity contribution < 1.29 is 0 Å². The fourth-order valence-electron chi connectivity index (χ4n) is 8.08. The molecule has 8 aromatic carbocycles. The third-order valence-corrected chi connectivity index (χ3v) is 11.6. The van der Waals surface area contributed by atoms with Crippen molar-refractivity contribution in [2.45, 2.75) is 0 Å². The van der Waals surface area contributed by atoms with Crippen LogP contribution in [0.3, 0.4) is 0 Å². The number of nitrogens with zero attached hydrogens (tertiary/aromatic N) is 3. The Labute approximate surface area is 323 Å². The molecular formula is C51H33N3S. The number of rotatable bonds is 7. The minimum absolute atomic E-state index is 0.770. The molecule has 0 bridgehead atoms. The van der Waals surface area contributed by atoms with E-state index in [-0.39, 0.29) is 0 Å². The molecule has 2 aromatic heterocycles. The Morgan fingerprint density at radius 2 is 0.855 bits per heavy atom. The Balaban J connectivity index is 1.36. The maximum Gasteiger partial charge on any atom is 0.0976 e. The van der Waals surface area contributed by atoms with Crippen molar-refractivity contribution in [3.05, 3.63) is 200 Å². The van der Waals surface area contributed by atoms with E-state index in [2.05, 4.69) is 198 Å². The van der Waals surface area contributed by atoms with E-state index in [1.54, 1.807) is 6.20 Å². The normalized spacial score (nSPS) is 11.3. The first-order valence-corrected chi connectivity index (χ1v) is 19.3. The summed E-state index contributed by atoms with van der Waals surface area (Å²) >= 11 is 1.84. The van der Waals surface area contributed by atoms with Crippen LogP contribution in [0.1, 0.15) is 0 Å². The summed E-state index contributed by atoms with van der Waals surface area (Å²) in [7, 11) is 0. The van der Waals surface area contributed by atoms with Crippen LogP contribution in [0.2, 0.25) is 0 Å². The van der Waals surface area contributed by atoms with Crippen molar-refractivity contribution in [3.8, 4) is 78.0 Å². The smallest absolute Gasteiger partial charge is 0.0976 e. The molecule has 0 saturated carbocycles. The maximum absolute atomic E-state index is 4.74. The van der Waals surface area contributed by atoms with Gasteiger partial charge in [-0.15, -0.1) is 21.5 Å². The summed E-state index contributed by atoms with van der Waals surface area (Å²) in [6.45, 7) is 0. The summed E-state index contributed by atoms with van der Waals surface area (Å²) in [5.74, 6) is 0. The molecule has 10 aromatic rings. The molecule has 0 spiro atoms. The first-order valence-electron chi connectivity index (χ1n) is 18.4. The minimum atomic E-state index is 0.770. The van der Waals surface area contributed by atoms with Crippen LogP contribution < -0.4 is 0 Å². The zero-order valence-corrected chi connectivity index (χ0v) is 30.6. The van der Waals surface area contributed by atoms with Crippen molar-refractivity contribution in [2.75, 3.05) is 0 Å². The van der Waals surface area contributed by atoms with E-state index >= 15 is 0 Å². The summed E-state index contributed by atoms with van der Waals surface area (Å²) in [6, 6.07) is 69.6. The lowest BCUT2D eigenvalue weighted by Gasteiger charge is -2.23. The zero-order valence-electron chi connectivity index (χ0n) is 29.8. The molecule has 55 heavy (non-hydrogen) atoms. The molecule has 4 heteroatoms. The Bertz CT molecular complexity index is 2960. The fourth-order valence-corrected chi connectivity index (χ4v) is 9.19. The lowest BCUT2D eigenvalue weighted by Crippen LogP contribution is -1.99. The quantitative estimate of drug-likeness (QED) is 0.165. The molecular weight excluding hydrogens is 687 g/mol. The maximum atomic E-state index is 4.74. The summed E-state index contributed by atoms with van der Waals surface area (Å²) in [4.78, 5) is 0. The number of hydrogen-bond acceptors (Lipinski definition) is 4. The standard InChI is InChI=1S/C51H33N3S/c1-4-16-34(17-5-1)37-22-10-11-23-39(37)40-24-12-13-25-41(40)42-30-31-47-51(43-26-14-15-27-46(43)55-47)49(42)44-29-28-38(35-18-6-2-7-19-35)48(36-20-8-3-9-21-36)50(44)45-32-33-52-54-53-45/h1-33H. The number of thiophene rings is 1. The van der Waals surface area contributed by atoms with Crippen LogP contribution in [0, 0.1) is 0 Å². The Kier molecular flexibility index (Phi) is 8.36. The van der Waals surface area contributed by atoms with Gasteiger partial charge in [-0.2, -0.15) is 0 Å². The van der Waals surface area contributed by atoms with Crippen LogP contribution in [0.5, 0.6) is 0 Å². The highest BCUT2D eigenvalue weighted by molar-refractivity contribution is 7.26. The average Bonchev–Trinajstić information content (AvgIpc) is 3.66. The van der Waals surface area contributed by atoms with Gasteiger partial charge in [-0.1, -0.05) is 176 Å². The van der Waals surface area contributed by atoms with Crippen LogP contribution in [0.4, 0.5) is 0 Å². The van der Waals surface area contributed by atoms with E-state index in [4.69, 9.17) is 5.10 Å². The van der Waals surface area contributed by atoms with Gasteiger partial charge in [-0.3, -0.25) is 0 Å². The Morgan fingerprint density at radius 1 is 0.327 bits per heavy atom. The van der Waals surface area contributed by atoms with Crippen LogP contribution in [-0.4, -0.2) is 15.4 Å². The number of fused-ring (bicyclic) bond motifs is 3. The molecule has 0 aliphatic heterocycles. The molecule has 0 saturated heterocycles. The third-order valence-electron chi connectivity index (χ3n) is 10.4. The van der Waals surface area contributed by atoms with E-state index < -0.39 is 0 Å². The number of aromatic nitrogens is 3. The molecule has 0 amide bonds. The highest BCUT2D eigenvalue weighted by Crippen LogP contribution is 2.52. The van der Waals surface area contributed by atoms with E-state index in [0.29, 0.717) is 0 Å². The van der Waals surface area contributed by atoms with Gasteiger partial charge < -0.3 is 0 Å². The fraction of sp³-hybridized carbons (Fsp3) is 0. The second kappa shape index (κ2) is 14.1. The van der Waals surface area contributed by atoms with E-state index in [1.165, 1.54) is 53.6 Å². The van der Waals surface area contributed by atoms with Gasteiger partial charge in [-0.05, 0) is 90.2 Å². The molecule has 0 fully saturated rings. The Hall–Kier alpha value is -7.01. The molecule has 0 unspecified atom stereocenters. The SMILES string of the molecule is c1ccc(-c2ccccc2-c2ccccc2-c2ccc3sc4ccccc4c3c2-c2ccc(-c3ccccc3)c(-c3ccccc3)c2-c2ccnnn2)cc1. The van der Waals surface area contributed by atoms with Crippen molar-refractivity contribution >= 4 is 31.5 Å². The molecule has 0 N–H and O–H groups in total. The van der Waals surface area contributed by atoms with Crippen LogP contribution in [-0.2, 0) is 0 Å². The molecule has 0 radical (unpaired) electrons. The van der Waals surface area contributed by atoms with Gasteiger partial charge in [0.2, 0.25) is 0 Å². The van der Waals surface area contributed by atoms with Crippen molar-refractivity contribution in [2.24, 2.45) is 0 Å². The van der Waals surface area contributed by atoms with E-state index in [0.717, 1.165) is 44.6 Å². The lowest BCUT2D eigenvalue weighted by atomic mass is 9.80. The Morgan fingerprint density at radius 3 is 1.53 bits per heavy atom. The zero-order chi connectivity index (χ0) is 36.6. The summed E-state index contributed by atoms with van der Waals surface area (Å²) in [5, 5.41) is 15.5. The highest BCUT2D eigenvalue weighted by atomic mass is 32.1. The molecule has 3 nitrogen and oxygen atoms in total. The topological polar surface area (TPSA) is 38.7 Å². The monoisotopic (exact) mass is 719 g/mol. The van der Waals surface area contributed by atoms with Gasteiger partial charge >= 0.3 is 0 Å². The van der Waals surface area contributed by atoms with Gasteiger partial charge in [-0.25, -0.2) is 0 Å². The summed E-state index contributed by atoms with van der Waals surface area (Å²) < 4.78 is 2.50. The molecule has 2 heterocycles. The molecule has 10 rings (SSSR count). The molecule has 0 aliphatic rings. The van der Waals surface area contributed by atoms with Gasteiger partial charge in [0.25, 0.3) is 0 Å².